The monoisotopic (exact) mass is 336 g/mol. The predicted molar refractivity (Wildman–Crippen MR) is 90.0 cm³/mol. The van der Waals surface area contributed by atoms with Crippen molar-refractivity contribution < 1.29 is 18.7 Å². The molecule has 0 spiro atoms. The Morgan fingerprint density at radius 1 is 1.25 bits per heavy atom. The summed E-state index contributed by atoms with van der Waals surface area (Å²) in [6, 6.07) is 5.73. The highest BCUT2D eigenvalue weighted by molar-refractivity contribution is 6.39. The molecule has 24 heavy (non-hydrogen) atoms. The highest BCUT2D eigenvalue weighted by Gasteiger charge is 2.35. The lowest BCUT2D eigenvalue weighted by atomic mass is 9.78. The minimum atomic E-state index is -0.871. The first kappa shape index (κ1) is 18.4. The zero-order valence-corrected chi connectivity index (χ0v) is 14.4. The van der Waals surface area contributed by atoms with Crippen LogP contribution in [0.4, 0.5) is 10.1 Å². The van der Waals surface area contributed by atoms with E-state index in [9.17, 15) is 14.0 Å². The summed E-state index contributed by atoms with van der Waals surface area (Å²) in [5.41, 5.74) is -0.0446. The Bertz CT molecular complexity index is 598. The molecule has 0 aromatic heterocycles. The molecule has 2 N–H and O–H groups in total. The molecule has 1 aromatic carbocycles. The Morgan fingerprint density at radius 3 is 2.62 bits per heavy atom. The summed E-state index contributed by atoms with van der Waals surface area (Å²) in [6.45, 7) is 7.39. The average molecular weight is 336 g/mol. The largest absolute Gasteiger partial charge is 0.377 e. The van der Waals surface area contributed by atoms with E-state index in [4.69, 9.17) is 4.74 Å². The standard InChI is InChI=1S/C18H25FN2O3/c1-18(2,3)15-12(7-6-10-24-15)11-20-16(22)17(23)21-14-9-5-4-8-13(14)19/h4-5,8-9,12,15H,6-7,10-11H2,1-3H3,(H,20,22)(H,21,23)/t12-,15+/m1/s1. The molecule has 0 bridgehead atoms. The molecule has 5 nitrogen and oxygen atoms in total. The summed E-state index contributed by atoms with van der Waals surface area (Å²) >= 11 is 0. The zero-order chi connectivity index (χ0) is 17.7. The first-order valence-electron chi connectivity index (χ1n) is 8.24. The second-order valence-corrected chi connectivity index (χ2v) is 7.20. The SMILES string of the molecule is CC(C)(C)[C@H]1OCCC[C@@H]1CNC(=O)C(=O)Nc1ccccc1F. The van der Waals surface area contributed by atoms with Crippen molar-refractivity contribution in [3.8, 4) is 0 Å². The van der Waals surface area contributed by atoms with E-state index in [0.717, 1.165) is 19.4 Å². The van der Waals surface area contributed by atoms with Crippen LogP contribution in [0.3, 0.4) is 0 Å². The molecule has 132 valence electrons. The van der Waals surface area contributed by atoms with Gasteiger partial charge in [0.15, 0.2) is 0 Å². The van der Waals surface area contributed by atoms with Crippen LogP contribution in [-0.4, -0.2) is 31.1 Å². The number of halogens is 1. The van der Waals surface area contributed by atoms with Gasteiger partial charge in [-0.25, -0.2) is 4.39 Å². The van der Waals surface area contributed by atoms with E-state index in [1.165, 1.54) is 18.2 Å². The minimum absolute atomic E-state index is 0.00813. The van der Waals surface area contributed by atoms with Crippen molar-refractivity contribution in [3.63, 3.8) is 0 Å². The van der Waals surface area contributed by atoms with Crippen molar-refractivity contribution in [1.29, 1.82) is 0 Å². The number of nitrogens with one attached hydrogen (secondary N) is 2. The maximum Gasteiger partial charge on any atom is 0.313 e. The Hall–Kier alpha value is -1.95. The highest BCUT2D eigenvalue weighted by Crippen LogP contribution is 2.33. The van der Waals surface area contributed by atoms with Crippen LogP contribution in [-0.2, 0) is 14.3 Å². The fraction of sp³-hybridized carbons (Fsp3) is 0.556. The molecule has 0 saturated carbocycles. The normalized spacial score (nSPS) is 21.2. The number of ether oxygens (including phenoxy) is 1. The molecule has 0 unspecified atom stereocenters. The number of carbonyl (C=O) groups excluding carboxylic acids is 2. The molecular weight excluding hydrogens is 311 g/mol. The molecule has 0 radical (unpaired) electrons. The van der Waals surface area contributed by atoms with E-state index in [1.54, 1.807) is 6.07 Å². The van der Waals surface area contributed by atoms with E-state index in [0.29, 0.717) is 6.54 Å². The van der Waals surface area contributed by atoms with Gasteiger partial charge < -0.3 is 15.4 Å². The zero-order valence-electron chi connectivity index (χ0n) is 14.4. The minimum Gasteiger partial charge on any atom is -0.377 e. The second-order valence-electron chi connectivity index (χ2n) is 7.20. The van der Waals surface area contributed by atoms with Gasteiger partial charge in [0.2, 0.25) is 0 Å². The first-order valence-corrected chi connectivity index (χ1v) is 8.24. The number of hydrogen-bond acceptors (Lipinski definition) is 3. The van der Waals surface area contributed by atoms with E-state index < -0.39 is 17.6 Å². The maximum atomic E-state index is 13.5. The van der Waals surface area contributed by atoms with Gasteiger partial charge in [-0.05, 0) is 30.4 Å². The lowest BCUT2D eigenvalue weighted by Gasteiger charge is -2.40. The fourth-order valence-electron chi connectivity index (χ4n) is 3.06. The Balaban J connectivity index is 1.90. The van der Waals surface area contributed by atoms with Crippen LogP contribution in [0, 0.1) is 17.2 Å². The van der Waals surface area contributed by atoms with Gasteiger partial charge in [-0.1, -0.05) is 32.9 Å². The topological polar surface area (TPSA) is 67.4 Å². The summed E-state index contributed by atoms with van der Waals surface area (Å²) in [5.74, 6) is -2.06. The molecule has 0 aliphatic carbocycles. The summed E-state index contributed by atoms with van der Waals surface area (Å²) < 4.78 is 19.4. The lowest BCUT2D eigenvalue weighted by Crippen LogP contribution is -2.46. The fourth-order valence-corrected chi connectivity index (χ4v) is 3.06. The van der Waals surface area contributed by atoms with Crippen molar-refractivity contribution in [2.75, 3.05) is 18.5 Å². The van der Waals surface area contributed by atoms with Gasteiger partial charge in [0.1, 0.15) is 5.82 Å². The molecule has 2 atom stereocenters. The molecule has 1 aromatic rings. The summed E-state index contributed by atoms with van der Waals surface area (Å²) in [5, 5.41) is 4.92. The molecule has 6 heteroatoms. The first-order chi connectivity index (χ1) is 11.3. The number of para-hydroxylation sites is 1. The number of rotatable bonds is 3. The van der Waals surface area contributed by atoms with Gasteiger partial charge in [0.05, 0.1) is 11.8 Å². The van der Waals surface area contributed by atoms with E-state index in [2.05, 4.69) is 31.4 Å². The third-order valence-electron chi connectivity index (χ3n) is 4.15. The van der Waals surface area contributed by atoms with Crippen molar-refractivity contribution in [2.45, 2.75) is 39.7 Å². The van der Waals surface area contributed by atoms with Gasteiger partial charge >= 0.3 is 11.8 Å². The lowest BCUT2D eigenvalue weighted by molar-refractivity contribution is -0.137. The molecule has 1 saturated heterocycles. The van der Waals surface area contributed by atoms with Crippen molar-refractivity contribution >= 4 is 17.5 Å². The number of hydrogen-bond donors (Lipinski definition) is 2. The molecule has 2 amide bonds. The summed E-state index contributed by atoms with van der Waals surface area (Å²) in [7, 11) is 0. The van der Waals surface area contributed by atoms with Gasteiger partial charge in [0, 0.05) is 19.1 Å². The average Bonchev–Trinajstić information content (AvgIpc) is 2.54. The van der Waals surface area contributed by atoms with Crippen LogP contribution in [0.1, 0.15) is 33.6 Å². The highest BCUT2D eigenvalue weighted by atomic mass is 19.1. The third kappa shape index (κ3) is 4.77. The Labute approximate surface area is 142 Å². The molecule has 1 fully saturated rings. The number of benzene rings is 1. The molecule has 1 aliphatic rings. The number of anilines is 1. The molecule has 1 heterocycles. The van der Waals surface area contributed by atoms with Crippen molar-refractivity contribution in [3.05, 3.63) is 30.1 Å². The van der Waals surface area contributed by atoms with Crippen LogP contribution in [0.15, 0.2) is 24.3 Å². The van der Waals surface area contributed by atoms with E-state index >= 15 is 0 Å². The van der Waals surface area contributed by atoms with Crippen LogP contribution in [0.2, 0.25) is 0 Å². The third-order valence-corrected chi connectivity index (χ3v) is 4.15. The van der Waals surface area contributed by atoms with Gasteiger partial charge in [-0.3, -0.25) is 9.59 Å². The molecule has 1 aliphatic heterocycles. The van der Waals surface area contributed by atoms with Crippen LogP contribution in [0.5, 0.6) is 0 Å². The number of amides is 2. The van der Waals surface area contributed by atoms with Crippen molar-refractivity contribution in [2.24, 2.45) is 11.3 Å². The second kappa shape index (κ2) is 7.75. The number of carbonyl (C=O) groups is 2. The van der Waals surface area contributed by atoms with Crippen LogP contribution in [0.25, 0.3) is 0 Å². The Morgan fingerprint density at radius 2 is 1.96 bits per heavy atom. The van der Waals surface area contributed by atoms with Gasteiger partial charge in [-0.2, -0.15) is 0 Å². The van der Waals surface area contributed by atoms with Crippen molar-refractivity contribution in [1.82, 2.24) is 5.32 Å². The quantitative estimate of drug-likeness (QED) is 0.834. The van der Waals surface area contributed by atoms with E-state index in [-0.39, 0.29) is 23.1 Å². The Kier molecular flexibility index (Phi) is 5.94. The smallest absolute Gasteiger partial charge is 0.313 e. The predicted octanol–water partition coefficient (Wildman–Crippen LogP) is 2.72. The molecule has 2 rings (SSSR count). The molecular formula is C18H25FN2O3. The summed E-state index contributed by atoms with van der Waals surface area (Å²) in [6.07, 6.45) is 1.91. The van der Waals surface area contributed by atoms with Gasteiger partial charge in [-0.15, -0.1) is 0 Å². The van der Waals surface area contributed by atoms with Crippen LogP contribution >= 0.6 is 0 Å². The van der Waals surface area contributed by atoms with Crippen LogP contribution < -0.4 is 10.6 Å². The van der Waals surface area contributed by atoms with E-state index in [1.807, 2.05) is 0 Å². The maximum absolute atomic E-state index is 13.5. The summed E-state index contributed by atoms with van der Waals surface area (Å²) in [4.78, 5) is 23.9. The van der Waals surface area contributed by atoms with Gasteiger partial charge in [0.25, 0.3) is 0 Å².